The van der Waals surface area contributed by atoms with E-state index in [1.165, 1.54) is 0 Å². The van der Waals surface area contributed by atoms with Crippen LogP contribution in [0.4, 0.5) is 5.88 Å². The Morgan fingerprint density at radius 2 is 2.31 bits per heavy atom. The summed E-state index contributed by atoms with van der Waals surface area (Å²) < 4.78 is 6.83. The third kappa shape index (κ3) is 1.18. The number of pyridine rings is 1. The average Bonchev–Trinajstić information content (AvgIpc) is 2.84. The summed E-state index contributed by atoms with van der Waals surface area (Å²) in [4.78, 5) is 4.31. The van der Waals surface area contributed by atoms with Gasteiger partial charge in [-0.05, 0) is 12.1 Å². The monoisotopic (exact) mass is 214 g/mol. The van der Waals surface area contributed by atoms with Crippen molar-refractivity contribution in [3.05, 3.63) is 30.6 Å². The Labute approximate surface area is 91.5 Å². The fourth-order valence-electron chi connectivity index (χ4n) is 1.83. The highest BCUT2D eigenvalue weighted by atomic mass is 16.5. The van der Waals surface area contributed by atoms with Gasteiger partial charge in [0.15, 0.2) is 0 Å². The van der Waals surface area contributed by atoms with E-state index in [0.717, 1.165) is 22.3 Å². The molecule has 3 aromatic heterocycles. The Bertz CT molecular complexity index is 653. The summed E-state index contributed by atoms with van der Waals surface area (Å²) in [5, 5.41) is 4.95. The first kappa shape index (κ1) is 8.96. The second-order valence-electron chi connectivity index (χ2n) is 3.64. The zero-order chi connectivity index (χ0) is 11.1. The van der Waals surface area contributed by atoms with Crippen LogP contribution in [0.1, 0.15) is 0 Å². The normalized spacial score (nSPS) is 11.1. The van der Waals surface area contributed by atoms with Crippen LogP contribution in [0.5, 0.6) is 0 Å². The van der Waals surface area contributed by atoms with E-state index >= 15 is 0 Å². The molecule has 0 spiro atoms. The number of anilines is 1. The van der Waals surface area contributed by atoms with Gasteiger partial charge in [-0.2, -0.15) is 0 Å². The molecule has 0 saturated heterocycles. The molecule has 5 heteroatoms. The molecule has 3 aromatic rings. The zero-order valence-electron chi connectivity index (χ0n) is 8.71. The molecule has 2 N–H and O–H groups in total. The highest BCUT2D eigenvalue weighted by Crippen LogP contribution is 2.28. The zero-order valence-corrected chi connectivity index (χ0v) is 8.71. The topological polar surface area (TPSA) is 69.9 Å². The van der Waals surface area contributed by atoms with Gasteiger partial charge in [0.05, 0.1) is 0 Å². The molecule has 0 aliphatic rings. The lowest BCUT2D eigenvalue weighted by Crippen LogP contribution is -1.85. The summed E-state index contributed by atoms with van der Waals surface area (Å²) in [6, 6.07) is 5.61. The molecule has 0 unspecified atom stereocenters. The van der Waals surface area contributed by atoms with Gasteiger partial charge >= 0.3 is 0 Å². The number of nitrogens with zero attached hydrogens (tertiary/aromatic N) is 3. The van der Waals surface area contributed by atoms with Crippen LogP contribution in [0.2, 0.25) is 0 Å². The lowest BCUT2D eigenvalue weighted by Gasteiger charge is -1.92. The van der Waals surface area contributed by atoms with E-state index in [9.17, 15) is 0 Å². The summed E-state index contributed by atoms with van der Waals surface area (Å²) in [6.07, 6.45) is 3.73. The molecule has 0 fully saturated rings. The summed E-state index contributed by atoms with van der Waals surface area (Å²) >= 11 is 0. The van der Waals surface area contributed by atoms with Gasteiger partial charge in [-0.1, -0.05) is 5.16 Å². The van der Waals surface area contributed by atoms with Crippen LogP contribution in [0.3, 0.4) is 0 Å². The minimum Gasteiger partial charge on any atom is -0.368 e. The smallest absolute Gasteiger partial charge is 0.222 e. The maximum absolute atomic E-state index is 5.52. The third-order valence-electron chi connectivity index (χ3n) is 2.54. The lowest BCUT2D eigenvalue weighted by atomic mass is 10.1. The van der Waals surface area contributed by atoms with Gasteiger partial charge in [-0.15, -0.1) is 0 Å². The van der Waals surface area contributed by atoms with E-state index in [0.29, 0.717) is 5.88 Å². The van der Waals surface area contributed by atoms with Crippen LogP contribution < -0.4 is 5.73 Å². The highest BCUT2D eigenvalue weighted by molar-refractivity contribution is 5.93. The Morgan fingerprint density at radius 3 is 3.06 bits per heavy atom. The van der Waals surface area contributed by atoms with E-state index in [4.69, 9.17) is 10.3 Å². The van der Waals surface area contributed by atoms with Gasteiger partial charge in [-0.25, -0.2) is 4.98 Å². The van der Waals surface area contributed by atoms with Crippen LogP contribution >= 0.6 is 0 Å². The van der Waals surface area contributed by atoms with Crippen molar-refractivity contribution in [1.29, 1.82) is 0 Å². The van der Waals surface area contributed by atoms with Crippen LogP contribution in [0.15, 0.2) is 35.1 Å². The van der Waals surface area contributed by atoms with Crippen molar-refractivity contribution in [3.8, 4) is 11.3 Å². The summed E-state index contributed by atoms with van der Waals surface area (Å²) in [5.41, 5.74) is 8.14. The predicted octanol–water partition coefficient (Wildman–Crippen LogP) is 1.81. The fraction of sp³-hybridized carbons (Fsp3) is 0.0909. The first-order valence-corrected chi connectivity index (χ1v) is 4.88. The molecule has 80 valence electrons. The van der Waals surface area contributed by atoms with Gasteiger partial charge in [-0.3, -0.25) is 0 Å². The van der Waals surface area contributed by atoms with E-state index < -0.39 is 0 Å². The minimum atomic E-state index is 0.316. The molecule has 0 bridgehead atoms. The largest absolute Gasteiger partial charge is 0.368 e. The molecule has 3 rings (SSSR count). The highest BCUT2D eigenvalue weighted by Gasteiger charge is 2.12. The van der Waals surface area contributed by atoms with Crippen molar-refractivity contribution in [2.45, 2.75) is 0 Å². The molecule has 16 heavy (non-hydrogen) atoms. The predicted molar refractivity (Wildman–Crippen MR) is 60.6 cm³/mol. The van der Waals surface area contributed by atoms with Crippen LogP contribution in [0, 0.1) is 0 Å². The van der Waals surface area contributed by atoms with Crippen LogP contribution in [0.25, 0.3) is 22.3 Å². The second-order valence-corrected chi connectivity index (χ2v) is 3.64. The van der Waals surface area contributed by atoms with E-state index in [1.807, 2.05) is 29.9 Å². The van der Waals surface area contributed by atoms with Crippen molar-refractivity contribution in [1.82, 2.24) is 14.7 Å². The Kier molecular flexibility index (Phi) is 1.73. The van der Waals surface area contributed by atoms with Crippen molar-refractivity contribution in [3.63, 3.8) is 0 Å². The summed E-state index contributed by atoms with van der Waals surface area (Å²) in [6.45, 7) is 0. The Morgan fingerprint density at radius 1 is 1.44 bits per heavy atom. The number of rotatable bonds is 1. The average molecular weight is 214 g/mol. The number of aryl methyl sites for hydroxylation is 1. The van der Waals surface area contributed by atoms with Crippen molar-refractivity contribution >= 4 is 16.9 Å². The number of hydrogen-bond donors (Lipinski definition) is 1. The molecule has 0 aliphatic carbocycles. The molecule has 3 heterocycles. The third-order valence-corrected chi connectivity index (χ3v) is 2.54. The minimum absolute atomic E-state index is 0.316. The van der Waals surface area contributed by atoms with E-state index in [1.54, 1.807) is 12.3 Å². The van der Waals surface area contributed by atoms with Gasteiger partial charge in [0.25, 0.3) is 0 Å². The first-order chi connectivity index (χ1) is 7.75. The Hall–Kier alpha value is -2.30. The molecule has 0 radical (unpaired) electrons. The second kappa shape index (κ2) is 3.10. The van der Waals surface area contributed by atoms with E-state index in [-0.39, 0.29) is 0 Å². The molecule has 0 saturated carbocycles. The number of hydrogen-bond acceptors (Lipinski definition) is 4. The lowest BCUT2D eigenvalue weighted by molar-refractivity contribution is 0.439. The van der Waals surface area contributed by atoms with Crippen LogP contribution in [-0.2, 0) is 7.05 Å². The molecule has 0 aliphatic heterocycles. The van der Waals surface area contributed by atoms with Crippen molar-refractivity contribution in [2.75, 3.05) is 5.73 Å². The summed E-state index contributed by atoms with van der Waals surface area (Å²) in [5.74, 6) is 0.316. The summed E-state index contributed by atoms with van der Waals surface area (Å²) in [7, 11) is 1.95. The standard InChI is InChI=1S/C11H10N4O/c1-15-6-8(9-5-10(12)16-14-9)7-3-2-4-13-11(7)15/h2-6H,12H2,1H3. The van der Waals surface area contributed by atoms with Crippen LogP contribution in [-0.4, -0.2) is 14.7 Å². The number of fused-ring (bicyclic) bond motifs is 1. The van der Waals surface area contributed by atoms with Gasteiger partial charge in [0.1, 0.15) is 11.3 Å². The molecular weight excluding hydrogens is 204 g/mol. The number of aromatic nitrogens is 3. The van der Waals surface area contributed by atoms with Gasteiger partial charge < -0.3 is 14.8 Å². The van der Waals surface area contributed by atoms with Crippen molar-refractivity contribution < 1.29 is 4.52 Å². The maximum atomic E-state index is 5.52. The molecular formula is C11H10N4O. The number of nitrogens with two attached hydrogens (primary N) is 1. The molecule has 0 aromatic carbocycles. The molecule has 0 atom stereocenters. The SMILES string of the molecule is Cn1cc(-c2cc(N)on2)c2cccnc21. The van der Waals surface area contributed by atoms with E-state index in [2.05, 4.69) is 10.1 Å². The molecule has 5 nitrogen and oxygen atoms in total. The first-order valence-electron chi connectivity index (χ1n) is 4.88. The maximum Gasteiger partial charge on any atom is 0.222 e. The number of nitrogen functional groups attached to an aromatic ring is 1. The quantitative estimate of drug-likeness (QED) is 0.670. The van der Waals surface area contributed by atoms with Crippen molar-refractivity contribution in [2.24, 2.45) is 7.05 Å². The molecule has 0 amide bonds. The van der Waals surface area contributed by atoms with Gasteiger partial charge in [0, 0.05) is 36.5 Å². The van der Waals surface area contributed by atoms with Gasteiger partial charge in [0.2, 0.25) is 5.88 Å². The fourth-order valence-corrected chi connectivity index (χ4v) is 1.83. The Balaban J connectivity index is 2.32.